The molecule has 76 valence electrons. The fraction of sp³-hybridized carbons (Fsp3) is 0.900. The summed E-state index contributed by atoms with van der Waals surface area (Å²) < 4.78 is 5.38. The molecule has 0 spiro atoms. The van der Waals surface area contributed by atoms with Crippen LogP contribution in [-0.2, 0) is 9.53 Å². The van der Waals surface area contributed by atoms with Crippen molar-refractivity contribution in [1.29, 1.82) is 0 Å². The Morgan fingerprint density at radius 3 is 3.00 bits per heavy atom. The highest BCUT2D eigenvalue weighted by Crippen LogP contribution is 2.14. The van der Waals surface area contributed by atoms with E-state index in [1.807, 2.05) is 6.92 Å². The molecule has 1 saturated heterocycles. The monoisotopic (exact) mass is 185 g/mol. The number of nitrogens with one attached hydrogen (secondary N) is 1. The number of hydrogen-bond acceptors (Lipinski definition) is 2. The minimum absolute atomic E-state index is 0.126. The maximum Gasteiger partial charge on any atom is 0.222 e. The van der Waals surface area contributed by atoms with E-state index in [1.54, 1.807) is 0 Å². The molecule has 3 nitrogen and oxygen atoms in total. The molecule has 1 fully saturated rings. The van der Waals surface area contributed by atoms with Gasteiger partial charge in [-0.25, -0.2) is 0 Å². The molecule has 1 rings (SSSR count). The lowest BCUT2D eigenvalue weighted by Crippen LogP contribution is -2.34. The molecule has 3 heteroatoms. The summed E-state index contributed by atoms with van der Waals surface area (Å²) in [5, 5.41) is 2.94. The SMILES string of the molecule is CCC(C)NC(=O)CC1CCCO1. The van der Waals surface area contributed by atoms with Crippen molar-refractivity contribution in [3.8, 4) is 0 Å². The Morgan fingerprint density at radius 2 is 2.46 bits per heavy atom. The van der Waals surface area contributed by atoms with Crippen molar-refractivity contribution < 1.29 is 9.53 Å². The number of hydrogen-bond donors (Lipinski definition) is 1. The summed E-state index contributed by atoms with van der Waals surface area (Å²) in [5.74, 6) is 0.126. The molecule has 2 atom stereocenters. The van der Waals surface area contributed by atoms with Crippen molar-refractivity contribution in [1.82, 2.24) is 5.32 Å². The zero-order valence-corrected chi connectivity index (χ0v) is 8.51. The third-order valence-corrected chi connectivity index (χ3v) is 2.46. The third kappa shape index (κ3) is 3.77. The van der Waals surface area contributed by atoms with E-state index < -0.39 is 0 Å². The Hall–Kier alpha value is -0.570. The summed E-state index contributed by atoms with van der Waals surface area (Å²) in [7, 11) is 0. The van der Waals surface area contributed by atoms with E-state index >= 15 is 0 Å². The molecule has 0 aromatic carbocycles. The van der Waals surface area contributed by atoms with Crippen molar-refractivity contribution in [3.63, 3.8) is 0 Å². The van der Waals surface area contributed by atoms with Gasteiger partial charge < -0.3 is 10.1 Å². The maximum absolute atomic E-state index is 11.4. The lowest BCUT2D eigenvalue weighted by molar-refractivity contribution is -0.123. The molecule has 0 bridgehead atoms. The van der Waals surface area contributed by atoms with Gasteiger partial charge in [0.05, 0.1) is 12.5 Å². The largest absolute Gasteiger partial charge is 0.378 e. The lowest BCUT2D eigenvalue weighted by atomic mass is 10.1. The molecular formula is C10H19NO2. The first-order valence-electron chi connectivity index (χ1n) is 5.13. The van der Waals surface area contributed by atoms with Gasteiger partial charge >= 0.3 is 0 Å². The van der Waals surface area contributed by atoms with Gasteiger partial charge in [0.25, 0.3) is 0 Å². The number of carbonyl (C=O) groups excluding carboxylic acids is 1. The summed E-state index contributed by atoms with van der Waals surface area (Å²) in [6.45, 7) is 4.91. The van der Waals surface area contributed by atoms with Crippen LogP contribution >= 0.6 is 0 Å². The number of amides is 1. The Kier molecular flexibility index (Phi) is 4.22. The molecule has 1 aliphatic rings. The summed E-state index contributed by atoms with van der Waals surface area (Å²) in [6, 6.07) is 0.286. The molecule has 1 aliphatic heterocycles. The maximum atomic E-state index is 11.4. The van der Waals surface area contributed by atoms with Crippen LogP contribution in [0, 0.1) is 0 Å². The van der Waals surface area contributed by atoms with E-state index in [4.69, 9.17) is 4.74 Å². The van der Waals surface area contributed by atoms with Gasteiger partial charge in [0, 0.05) is 12.6 Å². The predicted molar refractivity (Wildman–Crippen MR) is 51.5 cm³/mol. The van der Waals surface area contributed by atoms with Crippen LogP contribution in [0.15, 0.2) is 0 Å². The van der Waals surface area contributed by atoms with Crippen LogP contribution in [0.3, 0.4) is 0 Å². The van der Waals surface area contributed by atoms with Gasteiger partial charge in [0.2, 0.25) is 5.91 Å². The second-order valence-corrected chi connectivity index (χ2v) is 3.72. The summed E-state index contributed by atoms with van der Waals surface area (Å²) >= 11 is 0. The molecule has 1 amide bonds. The fourth-order valence-electron chi connectivity index (χ4n) is 1.45. The van der Waals surface area contributed by atoms with Gasteiger partial charge in [-0.1, -0.05) is 6.92 Å². The number of rotatable bonds is 4. The Balaban J connectivity index is 2.16. The van der Waals surface area contributed by atoms with Gasteiger partial charge in [-0.2, -0.15) is 0 Å². The first kappa shape index (κ1) is 10.5. The molecule has 0 aromatic heterocycles. The number of ether oxygens (including phenoxy) is 1. The number of carbonyl (C=O) groups is 1. The molecule has 1 N–H and O–H groups in total. The second-order valence-electron chi connectivity index (χ2n) is 3.72. The van der Waals surface area contributed by atoms with Crippen LogP contribution in [0.1, 0.15) is 39.5 Å². The summed E-state index contributed by atoms with van der Waals surface area (Å²) in [5.41, 5.74) is 0. The minimum atomic E-state index is 0.126. The highest BCUT2D eigenvalue weighted by atomic mass is 16.5. The van der Waals surface area contributed by atoms with Gasteiger partial charge in [-0.05, 0) is 26.2 Å². The van der Waals surface area contributed by atoms with Crippen LogP contribution in [0.25, 0.3) is 0 Å². The molecule has 1 heterocycles. The van der Waals surface area contributed by atoms with Crippen molar-refractivity contribution in [3.05, 3.63) is 0 Å². The molecule has 0 radical (unpaired) electrons. The zero-order valence-electron chi connectivity index (χ0n) is 8.51. The van der Waals surface area contributed by atoms with Crippen molar-refractivity contribution in [2.75, 3.05) is 6.61 Å². The van der Waals surface area contributed by atoms with E-state index in [2.05, 4.69) is 12.2 Å². The van der Waals surface area contributed by atoms with Crippen molar-refractivity contribution in [2.24, 2.45) is 0 Å². The first-order chi connectivity index (χ1) is 6.22. The van der Waals surface area contributed by atoms with E-state index in [-0.39, 0.29) is 18.1 Å². The van der Waals surface area contributed by atoms with E-state index in [0.717, 1.165) is 25.9 Å². The molecule has 0 aliphatic carbocycles. The summed E-state index contributed by atoms with van der Waals surface area (Å²) in [6.07, 6.45) is 3.82. The van der Waals surface area contributed by atoms with Gasteiger partial charge in [-0.3, -0.25) is 4.79 Å². The van der Waals surface area contributed by atoms with E-state index in [0.29, 0.717) is 6.42 Å². The van der Waals surface area contributed by atoms with Crippen LogP contribution in [-0.4, -0.2) is 24.7 Å². The van der Waals surface area contributed by atoms with E-state index in [1.165, 1.54) is 0 Å². The topological polar surface area (TPSA) is 38.3 Å². The van der Waals surface area contributed by atoms with Crippen LogP contribution in [0.5, 0.6) is 0 Å². The van der Waals surface area contributed by atoms with E-state index in [9.17, 15) is 4.79 Å². The second kappa shape index (κ2) is 5.22. The fourth-order valence-corrected chi connectivity index (χ4v) is 1.45. The molecule has 13 heavy (non-hydrogen) atoms. The smallest absolute Gasteiger partial charge is 0.222 e. The average molecular weight is 185 g/mol. The normalized spacial score (nSPS) is 24.3. The first-order valence-corrected chi connectivity index (χ1v) is 5.13. The Labute approximate surface area is 79.8 Å². The highest BCUT2D eigenvalue weighted by Gasteiger charge is 2.19. The standard InChI is InChI=1S/C10H19NO2/c1-3-8(2)11-10(12)7-9-5-4-6-13-9/h8-9H,3-7H2,1-2H3,(H,11,12). The Morgan fingerprint density at radius 1 is 1.69 bits per heavy atom. The lowest BCUT2D eigenvalue weighted by Gasteiger charge is -2.13. The van der Waals surface area contributed by atoms with Crippen LogP contribution in [0.4, 0.5) is 0 Å². The van der Waals surface area contributed by atoms with Gasteiger partial charge in [0.15, 0.2) is 0 Å². The molecular weight excluding hydrogens is 166 g/mol. The van der Waals surface area contributed by atoms with Crippen LogP contribution < -0.4 is 5.32 Å². The quantitative estimate of drug-likeness (QED) is 0.720. The highest BCUT2D eigenvalue weighted by molar-refractivity contribution is 5.76. The van der Waals surface area contributed by atoms with Crippen LogP contribution in [0.2, 0.25) is 0 Å². The molecule has 2 unspecified atom stereocenters. The zero-order chi connectivity index (χ0) is 9.68. The summed E-state index contributed by atoms with van der Waals surface area (Å²) in [4.78, 5) is 11.4. The third-order valence-electron chi connectivity index (χ3n) is 2.46. The molecule has 0 saturated carbocycles. The predicted octanol–water partition coefficient (Wildman–Crippen LogP) is 1.47. The Bertz CT molecular complexity index is 164. The van der Waals surface area contributed by atoms with Crippen molar-refractivity contribution in [2.45, 2.75) is 51.7 Å². The van der Waals surface area contributed by atoms with Crippen molar-refractivity contribution >= 4 is 5.91 Å². The molecule has 0 aromatic rings. The van der Waals surface area contributed by atoms with Gasteiger partial charge in [0.1, 0.15) is 0 Å². The average Bonchev–Trinajstić information content (AvgIpc) is 2.56. The van der Waals surface area contributed by atoms with Gasteiger partial charge in [-0.15, -0.1) is 0 Å². The minimum Gasteiger partial charge on any atom is -0.378 e.